The minimum Gasteiger partial charge on any atom is -0.307 e. The van der Waals surface area contributed by atoms with Crippen LogP contribution < -0.4 is 0 Å². The maximum absolute atomic E-state index is 8.81. The van der Waals surface area contributed by atoms with Crippen LogP contribution in [-0.4, -0.2) is 18.1 Å². The largest absolute Gasteiger partial charge is 0.307 e. The Balaban J connectivity index is 0. The molecule has 0 radical (unpaired) electrons. The molecule has 0 aromatic carbocycles. The fourth-order valence-electron chi connectivity index (χ4n) is 0.313. The Labute approximate surface area is 66.1 Å². The van der Waals surface area contributed by atoms with E-state index in [1.165, 1.54) is 6.92 Å². The molecule has 0 atom stereocenters. The van der Waals surface area contributed by atoms with Crippen LogP contribution in [0.2, 0.25) is 0 Å². The summed E-state index contributed by atoms with van der Waals surface area (Å²) in [6.45, 7) is 3.44. The summed E-state index contributed by atoms with van der Waals surface area (Å²) in [6, 6.07) is 5.72. The predicted octanol–water partition coefficient (Wildman–Crippen LogP) is 1.10. The molecule has 0 amide bonds. The molecule has 1 heterocycles. The van der Waals surface area contributed by atoms with Gasteiger partial charge in [-0.2, -0.15) is 0 Å². The zero-order valence-electron chi connectivity index (χ0n) is 6.43. The average Bonchev–Trinajstić information content (AvgIpc) is 2.12. The molecule has 1 aromatic rings. The van der Waals surface area contributed by atoms with Crippen LogP contribution in [0, 0.1) is 0 Å². The lowest BCUT2D eigenvalue weighted by Gasteiger charge is -1.70. The van der Waals surface area contributed by atoms with Gasteiger partial charge in [0, 0.05) is 12.4 Å². The lowest BCUT2D eigenvalue weighted by molar-refractivity contribution is -0.106. The van der Waals surface area contributed by atoms with E-state index >= 15 is 0 Å². The normalized spacial score (nSPS) is 5.91. The number of aromatic nitrogens is 1. The summed E-state index contributed by atoms with van der Waals surface area (Å²) in [5.41, 5.74) is 0. The van der Waals surface area contributed by atoms with Gasteiger partial charge in [0.05, 0.1) is 0 Å². The van der Waals surface area contributed by atoms with E-state index in [2.05, 4.69) is 4.98 Å². The second-order valence-corrected chi connectivity index (χ2v) is 1.26. The maximum atomic E-state index is 8.81. The molecule has 11 heavy (non-hydrogen) atoms. The number of hydrogen-bond donors (Lipinski definition) is 0. The number of nitrogens with zero attached hydrogens (tertiary/aromatic N) is 1. The molecule has 0 fully saturated rings. The average molecular weight is 153 g/mol. The van der Waals surface area contributed by atoms with Gasteiger partial charge >= 0.3 is 0 Å². The molecule has 0 saturated carbocycles. The Hall–Kier alpha value is -1.51. The third-order valence-corrected chi connectivity index (χ3v) is 0.566. The van der Waals surface area contributed by atoms with Crippen molar-refractivity contribution >= 4 is 13.1 Å². The molecule has 0 aliphatic heterocycles. The molecule has 0 N–H and O–H groups in total. The Morgan fingerprint density at radius 3 is 1.64 bits per heavy atom. The SMILES string of the molecule is C=O.CC=O.c1ccncc1. The van der Waals surface area contributed by atoms with Crippen molar-refractivity contribution in [1.29, 1.82) is 0 Å². The summed E-state index contributed by atoms with van der Waals surface area (Å²) in [5.74, 6) is 0. The minimum atomic E-state index is 0.750. The van der Waals surface area contributed by atoms with E-state index in [0.29, 0.717) is 0 Å². The van der Waals surface area contributed by atoms with Crippen LogP contribution in [0.5, 0.6) is 0 Å². The van der Waals surface area contributed by atoms with Gasteiger partial charge in [-0.25, -0.2) is 0 Å². The van der Waals surface area contributed by atoms with Crippen molar-refractivity contribution in [2.75, 3.05) is 0 Å². The van der Waals surface area contributed by atoms with Gasteiger partial charge in [-0.3, -0.25) is 4.98 Å². The number of aldehydes is 1. The number of carbonyl (C=O) groups is 2. The molecule has 0 bridgehead atoms. The molecule has 0 unspecified atom stereocenters. The molecular formula is C8H11NO2. The highest BCUT2D eigenvalue weighted by Gasteiger charge is 1.58. The van der Waals surface area contributed by atoms with Crippen molar-refractivity contribution < 1.29 is 9.59 Å². The zero-order valence-corrected chi connectivity index (χ0v) is 6.43. The molecule has 1 aromatic heterocycles. The summed E-state index contributed by atoms with van der Waals surface area (Å²) < 4.78 is 0. The monoisotopic (exact) mass is 153 g/mol. The third kappa shape index (κ3) is 17.7. The van der Waals surface area contributed by atoms with Crippen molar-refractivity contribution in [3.05, 3.63) is 30.6 Å². The van der Waals surface area contributed by atoms with E-state index in [-0.39, 0.29) is 0 Å². The molecule has 3 heteroatoms. The van der Waals surface area contributed by atoms with E-state index in [4.69, 9.17) is 9.59 Å². The lowest BCUT2D eigenvalue weighted by atomic mass is 10.5. The molecular weight excluding hydrogens is 142 g/mol. The summed E-state index contributed by atoms with van der Waals surface area (Å²) >= 11 is 0. The van der Waals surface area contributed by atoms with Crippen LogP contribution in [-0.2, 0) is 9.59 Å². The van der Waals surface area contributed by atoms with E-state index in [9.17, 15) is 0 Å². The standard InChI is InChI=1S/C5H5N.C2H4O.CH2O/c1-2-4-6-5-3-1;1-2-3;1-2/h1-5H;2H,1H3;1H2. The first-order valence-electron chi connectivity index (χ1n) is 2.95. The first kappa shape index (κ1) is 12.2. The van der Waals surface area contributed by atoms with Crippen LogP contribution in [0.4, 0.5) is 0 Å². The van der Waals surface area contributed by atoms with Crippen LogP contribution in [0.15, 0.2) is 30.6 Å². The highest BCUT2D eigenvalue weighted by Crippen LogP contribution is 1.73. The van der Waals surface area contributed by atoms with Gasteiger partial charge < -0.3 is 9.59 Å². The molecule has 0 aliphatic rings. The Morgan fingerprint density at radius 1 is 1.18 bits per heavy atom. The van der Waals surface area contributed by atoms with Gasteiger partial charge in [0.25, 0.3) is 0 Å². The molecule has 0 spiro atoms. The molecule has 0 saturated heterocycles. The number of pyridine rings is 1. The zero-order chi connectivity index (χ0) is 8.95. The van der Waals surface area contributed by atoms with Crippen molar-refractivity contribution in [2.24, 2.45) is 0 Å². The van der Waals surface area contributed by atoms with Gasteiger partial charge in [-0.15, -0.1) is 0 Å². The fraction of sp³-hybridized carbons (Fsp3) is 0.125. The van der Waals surface area contributed by atoms with Crippen LogP contribution in [0.25, 0.3) is 0 Å². The first-order valence-corrected chi connectivity index (χ1v) is 2.95. The fourth-order valence-corrected chi connectivity index (χ4v) is 0.313. The van der Waals surface area contributed by atoms with E-state index in [1.54, 1.807) is 12.4 Å². The first-order chi connectivity index (χ1) is 5.41. The van der Waals surface area contributed by atoms with Crippen LogP contribution in [0.1, 0.15) is 6.92 Å². The van der Waals surface area contributed by atoms with E-state index < -0.39 is 0 Å². The molecule has 0 aliphatic carbocycles. The highest BCUT2D eigenvalue weighted by atomic mass is 16.1. The molecule has 1 rings (SSSR count). The second-order valence-electron chi connectivity index (χ2n) is 1.26. The van der Waals surface area contributed by atoms with Gasteiger partial charge in [-0.05, 0) is 19.1 Å². The van der Waals surface area contributed by atoms with Gasteiger partial charge in [-0.1, -0.05) is 6.07 Å². The summed E-state index contributed by atoms with van der Waals surface area (Å²) in [6.07, 6.45) is 4.25. The number of hydrogen-bond acceptors (Lipinski definition) is 3. The Kier molecular flexibility index (Phi) is 17.5. The second kappa shape index (κ2) is 15.8. The number of rotatable bonds is 0. The highest BCUT2D eigenvalue weighted by molar-refractivity contribution is 5.44. The summed E-state index contributed by atoms with van der Waals surface area (Å²) in [7, 11) is 0. The van der Waals surface area contributed by atoms with Crippen molar-refractivity contribution in [3.8, 4) is 0 Å². The Morgan fingerprint density at radius 2 is 1.55 bits per heavy atom. The smallest absolute Gasteiger partial charge is 0.116 e. The van der Waals surface area contributed by atoms with Gasteiger partial charge in [0.1, 0.15) is 13.1 Å². The lowest BCUT2D eigenvalue weighted by Crippen LogP contribution is -1.58. The van der Waals surface area contributed by atoms with Crippen molar-refractivity contribution in [1.82, 2.24) is 4.98 Å². The predicted molar refractivity (Wildman–Crippen MR) is 43.1 cm³/mol. The summed E-state index contributed by atoms with van der Waals surface area (Å²) in [4.78, 5) is 20.6. The van der Waals surface area contributed by atoms with Crippen LogP contribution in [0.3, 0.4) is 0 Å². The van der Waals surface area contributed by atoms with E-state index in [1.807, 2.05) is 25.0 Å². The third-order valence-electron chi connectivity index (χ3n) is 0.566. The molecule has 60 valence electrons. The Bertz CT molecular complexity index is 127. The summed E-state index contributed by atoms with van der Waals surface area (Å²) in [5, 5.41) is 0. The number of carbonyl (C=O) groups excluding carboxylic acids is 2. The molecule has 3 nitrogen and oxygen atoms in total. The van der Waals surface area contributed by atoms with Crippen LogP contribution >= 0.6 is 0 Å². The van der Waals surface area contributed by atoms with Gasteiger partial charge in [0.2, 0.25) is 0 Å². The van der Waals surface area contributed by atoms with E-state index in [0.717, 1.165) is 6.29 Å². The quantitative estimate of drug-likeness (QED) is 0.524. The van der Waals surface area contributed by atoms with Gasteiger partial charge in [0.15, 0.2) is 0 Å². The van der Waals surface area contributed by atoms with Crippen molar-refractivity contribution in [3.63, 3.8) is 0 Å². The minimum absolute atomic E-state index is 0.750. The van der Waals surface area contributed by atoms with Crippen molar-refractivity contribution in [2.45, 2.75) is 6.92 Å². The maximum Gasteiger partial charge on any atom is 0.116 e. The topological polar surface area (TPSA) is 47.0 Å².